The van der Waals surface area contributed by atoms with E-state index in [0.717, 1.165) is 5.69 Å². The number of aryl methyl sites for hydroxylation is 1. The first-order chi connectivity index (χ1) is 7.53. The summed E-state index contributed by atoms with van der Waals surface area (Å²) < 4.78 is 25.6. The van der Waals surface area contributed by atoms with Crippen molar-refractivity contribution in [3.8, 4) is 0 Å². The summed E-state index contributed by atoms with van der Waals surface area (Å²) in [7, 11) is -3.27. The zero-order chi connectivity index (χ0) is 12.0. The molecule has 0 saturated carbocycles. The summed E-state index contributed by atoms with van der Waals surface area (Å²) in [6.45, 7) is 2.36. The van der Waals surface area contributed by atoms with E-state index in [1.54, 1.807) is 12.1 Å². The normalized spacial score (nSPS) is 11.4. The minimum absolute atomic E-state index is 0.0953. The molecule has 0 aliphatic heterocycles. The van der Waals surface area contributed by atoms with Crippen molar-refractivity contribution in [2.75, 3.05) is 17.0 Å². The van der Waals surface area contributed by atoms with Gasteiger partial charge in [0.25, 0.3) is 0 Å². The highest BCUT2D eigenvalue weighted by atomic mass is 32.2. The summed E-state index contributed by atoms with van der Waals surface area (Å²) in [5, 5.41) is 0. The van der Waals surface area contributed by atoms with Gasteiger partial charge in [-0.25, -0.2) is 8.42 Å². The molecule has 0 bridgehead atoms. The van der Waals surface area contributed by atoms with Gasteiger partial charge in [0.05, 0.1) is 17.6 Å². The molecule has 6 heteroatoms. The fraction of sp³-hybridized carbons (Fsp3) is 0.500. The molecule has 90 valence electrons. The maximum atomic E-state index is 11.6. The Labute approximate surface area is 96.1 Å². The first kappa shape index (κ1) is 12.9. The van der Waals surface area contributed by atoms with Gasteiger partial charge in [-0.3, -0.25) is 9.71 Å². The number of hydrogen-bond donors (Lipinski definition) is 2. The standard InChI is InChI=1S/C10H17N3O2S/c1-9-4-5-10(8-12-9)13-16(14,15)7-3-2-6-11/h4-5,8,13H,2-3,6-7,11H2,1H3. The zero-order valence-corrected chi connectivity index (χ0v) is 10.1. The fourth-order valence-electron chi connectivity index (χ4n) is 1.20. The Balaban J connectivity index is 2.55. The lowest BCUT2D eigenvalue weighted by molar-refractivity contribution is 0.597. The molecular weight excluding hydrogens is 226 g/mol. The Hall–Kier alpha value is -1.14. The number of nitrogens with zero attached hydrogens (tertiary/aromatic N) is 1. The smallest absolute Gasteiger partial charge is 0.232 e. The van der Waals surface area contributed by atoms with Gasteiger partial charge in [-0.15, -0.1) is 0 Å². The number of nitrogens with two attached hydrogens (primary N) is 1. The zero-order valence-electron chi connectivity index (χ0n) is 9.31. The summed E-state index contributed by atoms with van der Waals surface area (Å²) in [4.78, 5) is 4.01. The third-order valence-electron chi connectivity index (χ3n) is 2.05. The van der Waals surface area contributed by atoms with Crippen molar-refractivity contribution in [2.24, 2.45) is 5.73 Å². The van der Waals surface area contributed by atoms with Gasteiger partial charge in [-0.05, 0) is 38.4 Å². The molecule has 0 amide bonds. The van der Waals surface area contributed by atoms with Crippen molar-refractivity contribution >= 4 is 15.7 Å². The number of aromatic nitrogens is 1. The topological polar surface area (TPSA) is 85.1 Å². The van der Waals surface area contributed by atoms with Gasteiger partial charge < -0.3 is 5.73 Å². The Morgan fingerprint density at radius 1 is 1.38 bits per heavy atom. The molecule has 0 aliphatic carbocycles. The molecule has 1 aromatic heterocycles. The quantitative estimate of drug-likeness (QED) is 0.726. The van der Waals surface area contributed by atoms with E-state index < -0.39 is 10.0 Å². The molecule has 1 heterocycles. The third kappa shape index (κ3) is 4.59. The van der Waals surface area contributed by atoms with Crippen molar-refractivity contribution in [3.63, 3.8) is 0 Å². The molecule has 0 aliphatic rings. The van der Waals surface area contributed by atoms with E-state index in [-0.39, 0.29) is 5.75 Å². The molecule has 0 atom stereocenters. The van der Waals surface area contributed by atoms with Gasteiger partial charge in [-0.1, -0.05) is 0 Å². The predicted octanol–water partition coefficient (Wildman–Crippen LogP) is 0.871. The number of nitrogens with one attached hydrogen (secondary N) is 1. The lowest BCUT2D eigenvalue weighted by atomic mass is 10.3. The second-order valence-electron chi connectivity index (χ2n) is 3.60. The van der Waals surface area contributed by atoms with Crippen LogP contribution in [0.5, 0.6) is 0 Å². The summed E-state index contributed by atoms with van der Waals surface area (Å²) in [5.74, 6) is 0.0953. The van der Waals surface area contributed by atoms with Crippen LogP contribution < -0.4 is 10.5 Å². The molecule has 16 heavy (non-hydrogen) atoms. The lowest BCUT2D eigenvalue weighted by Gasteiger charge is -2.07. The molecule has 0 saturated heterocycles. The second kappa shape index (κ2) is 5.81. The summed E-state index contributed by atoms with van der Waals surface area (Å²) in [6.07, 6.45) is 2.80. The van der Waals surface area contributed by atoms with Crippen LogP contribution in [-0.2, 0) is 10.0 Å². The van der Waals surface area contributed by atoms with Crippen molar-refractivity contribution in [2.45, 2.75) is 19.8 Å². The predicted molar refractivity (Wildman–Crippen MR) is 64.7 cm³/mol. The van der Waals surface area contributed by atoms with Crippen LogP contribution in [0.25, 0.3) is 0 Å². The summed E-state index contributed by atoms with van der Waals surface area (Å²) >= 11 is 0. The SMILES string of the molecule is Cc1ccc(NS(=O)(=O)CCCCN)cn1. The Morgan fingerprint density at radius 2 is 2.12 bits per heavy atom. The van der Waals surface area contributed by atoms with E-state index in [2.05, 4.69) is 9.71 Å². The van der Waals surface area contributed by atoms with Crippen LogP contribution >= 0.6 is 0 Å². The van der Waals surface area contributed by atoms with Gasteiger partial charge in [0.2, 0.25) is 10.0 Å². The Kier molecular flexibility index (Phi) is 4.70. The molecule has 1 aromatic rings. The highest BCUT2D eigenvalue weighted by Crippen LogP contribution is 2.08. The molecular formula is C10H17N3O2S. The van der Waals surface area contributed by atoms with Crippen LogP contribution in [0.1, 0.15) is 18.5 Å². The van der Waals surface area contributed by atoms with Crippen molar-refractivity contribution < 1.29 is 8.42 Å². The van der Waals surface area contributed by atoms with Crippen LogP contribution in [0.3, 0.4) is 0 Å². The first-order valence-corrected chi connectivity index (χ1v) is 6.82. The average molecular weight is 243 g/mol. The number of anilines is 1. The van der Waals surface area contributed by atoms with Gasteiger partial charge in [-0.2, -0.15) is 0 Å². The van der Waals surface area contributed by atoms with Crippen molar-refractivity contribution in [1.29, 1.82) is 0 Å². The van der Waals surface area contributed by atoms with E-state index in [4.69, 9.17) is 5.73 Å². The van der Waals surface area contributed by atoms with Crippen LogP contribution in [-0.4, -0.2) is 25.7 Å². The highest BCUT2D eigenvalue weighted by Gasteiger charge is 2.09. The molecule has 0 unspecified atom stereocenters. The first-order valence-electron chi connectivity index (χ1n) is 5.17. The second-order valence-corrected chi connectivity index (χ2v) is 5.45. The number of pyridine rings is 1. The minimum atomic E-state index is -3.27. The van der Waals surface area contributed by atoms with Crippen LogP contribution in [0.15, 0.2) is 18.3 Å². The number of sulfonamides is 1. The van der Waals surface area contributed by atoms with Crippen molar-refractivity contribution in [1.82, 2.24) is 4.98 Å². The minimum Gasteiger partial charge on any atom is -0.330 e. The van der Waals surface area contributed by atoms with E-state index >= 15 is 0 Å². The van der Waals surface area contributed by atoms with Crippen LogP contribution in [0, 0.1) is 6.92 Å². The molecule has 0 fully saturated rings. The summed E-state index contributed by atoms with van der Waals surface area (Å²) in [5.41, 5.74) is 6.65. The fourth-order valence-corrected chi connectivity index (χ4v) is 2.36. The molecule has 1 rings (SSSR count). The molecule has 0 radical (unpaired) electrons. The van der Waals surface area contributed by atoms with E-state index in [9.17, 15) is 8.42 Å². The Bertz CT molecular complexity index is 414. The number of hydrogen-bond acceptors (Lipinski definition) is 4. The molecule has 5 nitrogen and oxygen atoms in total. The van der Waals surface area contributed by atoms with Gasteiger partial charge in [0.1, 0.15) is 0 Å². The van der Waals surface area contributed by atoms with Crippen LogP contribution in [0.4, 0.5) is 5.69 Å². The van der Waals surface area contributed by atoms with E-state index in [1.807, 2.05) is 6.92 Å². The van der Waals surface area contributed by atoms with Crippen molar-refractivity contribution in [3.05, 3.63) is 24.0 Å². The number of unbranched alkanes of at least 4 members (excludes halogenated alkanes) is 1. The molecule has 3 N–H and O–H groups in total. The largest absolute Gasteiger partial charge is 0.330 e. The maximum Gasteiger partial charge on any atom is 0.232 e. The summed E-state index contributed by atoms with van der Waals surface area (Å²) in [6, 6.07) is 3.46. The van der Waals surface area contributed by atoms with E-state index in [1.165, 1.54) is 6.20 Å². The monoisotopic (exact) mass is 243 g/mol. The van der Waals surface area contributed by atoms with Gasteiger partial charge in [0.15, 0.2) is 0 Å². The molecule has 0 aromatic carbocycles. The van der Waals surface area contributed by atoms with Crippen LogP contribution in [0.2, 0.25) is 0 Å². The number of rotatable bonds is 6. The van der Waals surface area contributed by atoms with E-state index in [0.29, 0.717) is 25.1 Å². The third-order valence-corrected chi connectivity index (χ3v) is 3.42. The Morgan fingerprint density at radius 3 is 2.69 bits per heavy atom. The van der Waals surface area contributed by atoms with Gasteiger partial charge in [0, 0.05) is 5.69 Å². The maximum absolute atomic E-state index is 11.6. The lowest BCUT2D eigenvalue weighted by Crippen LogP contribution is -2.17. The highest BCUT2D eigenvalue weighted by molar-refractivity contribution is 7.92. The average Bonchev–Trinajstić information content (AvgIpc) is 2.21. The molecule has 0 spiro atoms. The van der Waals surface area contributed by atoms with Gasteiger partial charge >= 0.3 is 0 Å².